The monoisotopic (exact) mass is 245 g/mol. The summed E-state index contributed by atoms with van der Waals surface area (Å²) in [6, 6.07) is 7.86. The number of ether oxygens (including phenoxy) is 1. The normalized spacial score (nSPS) is 12.6. The van der Waals surface area contributed by atoms with Crippen molar-refractivity contribution in [2.75, 3.05) is 0 Å². The first kappa shape index (κ1) is 12.7. The smallest absolute Gasteiger partial charge is 0.340 e. The second-order valence-corrected chi connectivity index (χ2v) is 4.68. The maximum atomic E-state index is 12.1. The minimum Gasteiger partial charge on any atom is -0.459 e. The predicted octanol–water partition coefficient (Wildman–Crippen LogP) is 3.52. The number of aromatic nitrogens is 1. The summed E-state index contributed by atoms with van der Waals surface area (Å²) < 4.78 is 7.40. The van der Waals surface area contributed by atoms with Crippen molar-refractivity contribution in [2.45, 2.75) is 32.8 Å². The van der Waals surface area contributed by atoms with Crippen molar-refractivity contribution in [2.24, 2.45) is 7.05 Å². The van der Waals surface area contributed by atoms with Crippen molar-refractivity contribution in [1.82, 2.24) is 4.57 Å². The Kier molecular flexibility index (Phi) is 3.70. The number of hydrogen-bond donors (Lipinski definition) is 0. The molecule has 1 unspecified atom stereocenters. The molecule has 0 spiro atoms. The molecule has 3 heteroatoms. The highest BCUT2D eigenvalue weighted by Crippen LogP contribution is 2.21. The van der Waals surface area contributed by atoms with Crippen LogP contribution in [-0.2, 0) is 11.8 Å². The fourth-order valence-electron chi connectivity index (χ4n) is 2.22. The van der Waals surface area contributed by atoms with E-state index in [4.69, 9.17) is 4.74 Å². The third kappa shape index (κ3) is 2.40. The van der Waals surface area contributed by atoms with Gasteiger partial charge in [0.2, 0.25) is 0 Å². The van der Waals surface area contributed by atoms with Crippen molar-refractivity contribution in [3.63, 3.8) is 0 Å². The number of carbonyl (C=O) groups excluding carboxylic acids is 1. The van der Waals surface area contributed by atoms with Gasteiger partial charge in [-0.15, -0.1) is 0 Å². The highest BCUT2D eigenvalue weighted by molar-refractivity contribution is 6.04. The molecule has 2 rings (SSSR count). The number of fused-ring (bicyclic) bond motifs is 1. The first-order valence-electron chi connectivity index (χ1n) is 6.38. The maximum Gasteiger partial charge on any atom is 0.340 e. The van der Waals surface area contributed by atoms with Crippen molar-refractivity contribution in [3.05, 3.63) is 36.0 Å². The molecule has 1 aromatic carbocycles. The van der Waals surface area contributed by atoms with Gasteiger partial charge in [0.1, 0.15) is 0 Å². The van der Waals surface area contributed by atoms with Crippen LogP contribution in [0.4, 0.5) is 0 Å². The van der Waals surface area contributed by atoms with Gasteiger partial charge in [0.05, 0.1) is 11.7 Å². The first-order valence-corrected chi connectivity index (χ1v) is 6.38. The summed E-state index contributed by atoms with van der Waals surface area (Å²) >= 11 is 0. The van der Waals surface area contributed by atoms with Crippen LogP contribution in [0.1, 0.15) is 37.0 Å². The van der Waals surface area contributed by atoms with Crippen LogP contribution in [0, 0.1) is 0 Å². The van der Waals surface area contributed by atoms with Gasteiger partial charge in [-0.3, -0.25) is 0 Å². The van der Waals surface area contributed by atoms with E-state index in [9.17, 15) is 4.79 Å². The molecule has 1 aromatic heterocycles. The van der Waals surface area contributed by atoms with Gasteiger partial charge in [-0.25, -0.2) is 4.79 Å². The highest BCUT2D eigenvalue weighted by atomic mass is 16.5. The summed E-state index contributed by atoms with van der Waals surface area (Å²) in [6.45, 7) is 4.02. The standard InChI is InChI=1S/C15H19NO2/c1-4-7-11(2)18-15(17)13-10-16(3)14-9-6-5-8-12(13)14/h5-6,8-11H,4,7H2,1-3H3. The van der Waals surface area contributed by atoms with E-state index >= 15 is 0 Å². The van der Waals surface area contributed by atoms with E-state index in [0.29, 0.717) is 5.56 Å². The molecule has 0 N–H and O–H groups in total. The molecular weight excluding hydrogens is 226 g/mol. The number of aryl methyl sites for hydroxylation is 1. The minimum absolute atomic E-state index is 0.0264. The zero-order valence-electron chi connectivity index (χ0n) is 11.1. The second kappa shape index (κ2) is 5.25. The largest absolute Gasteiger partial charge is 0.459 e. The van der Waals surface area contributed by atoms with Crippen LogP contribution in [-0.4, -0.2) is 16.6 Å². The average Bonchev–Trinajstić information content (AvgIpc) is 2.68. The zero-order valence-corrected chi connectivity index (χ0v) is 11.1. The second-order valence-electron chi connectivity index (χ2n) is 4.68. The number of para-hydroxylation sites is 1. The van der Waals surface area contributed by atoms with Crippen LogP contribution >= 0.6 is 0 Å². The Bertz CT molecular complexity index is 557. The number of rotatable bonds is 4. The van der Waals surface area contributed by atoms with E-state index in [0.717, 1.165) is 23.7 Å². The third-order valence-electron chi connectivity index (χ3n) is 3.12. The van der Waals surface area contributed by atoms with Gasteiger partial charge >= 0.3 is 5.97 Å². The fourth-order valence-corrected chi connectivity index (χ4v) is 2.22. The zero-order chi connectivity index (χ0) is 13.1. The van der Waals surface area contributed by atoms with E-state index in [1.807, 2.05) is 49.0 Å². The van der Waals surface area contributed by atoms with Crippen molar-refractivity contribution >= 4 is 16.9 Å². The Hall–Kier alpha value is -1.77. The van der Waals surface area contributed by atoms with E-state index in [1.54, 1.807) is 0 Å². The van der Waals surface area contributed by atoms with E-state index in [1.165, 1.54) is 0 Å². The lowest BCUT2D eigenvalue weighted by Crippen LogP contribution is -2.14. The molecule has 0 aliphatic carbocycles. The van der Waals surface area contributed by atoms with Gasteiger partial charge in [0.25, 0.3) is 0 Å². The molecule has 0 saturated heterocycles. The van der Waals surface area contributed by atoms with Crippen LogP contribution in [0.2, 0.25) is 0 Å². The molecular formula is C15H19NO2. The molecule has 3 nitrogen and oxygen atoms in total. The van der Waals surface area contributed by atoms with Crippen LogP contribution in [0.15, 0.2) is 30.5 Å². The van der Waals surface area contributed by atoms with Gasteiger partial charge in [0.15, 0.2) is 0 Å². The molecule has 0 amide bonds. The molecule has 1 atom stereocenters. The summed E-state index contributed by atoms with van der Waals surface area (Å²) in [7, 11) is 1.94. The molecule has 0 bridgehead atoms. The first-order chi connectivity index (χ1) is 8.63. The molecule has 1 heterocycles. The van der Waals surface area contributed by atoms with Gasteiger partial charge in [-0.2, -0.15) is 0 Å². The lowest BCUT2D eigenvalue weighted by Gasteiger charge is -2.11. The number of nitrogens with zero attached hydrogens (tertiary/aromatic N) is 1. The molecule has 0 aliphatic heterocycles. The topological polar surface area (TPSA) is 31.2 Å². The Morgan fingerprint density at radius 3 is 2.83 bits per heavy atom. The maximum absolute atomic E-state index is 12.1. The van der Waals surface area contributed by atoms with Gasteiger partial charge in [-0.05, 0) is 19.4 Å². The number of esters is 1. The lowest BCUT2D eigenvalue weighted by atomic mass is 10.2. The molecule has 2 aromatic rings. The Morgan fingerprint density at radius 2 is 2.11 bits per heavy atom. The molecule has 18 heavy (non-hydrogen) atoms. The Labute approximate surface area is 107 Å². The highest BCUT2D eigenvalue weighted by Gasteiger charge is 2.16. The van der Waals surface area contributed by atoms with Crippen molar-refractivity contribution < 1.29 is 9.53 Å². The Balaban J connectivity index is 2.28. The summed E-state index contributed by atoms with van der Waals surface area (Å²) in [4.78, 5) is 12.1. The number of benzene rings is 1. The van der Waals surface area contributed by atoms with E-state index in [2.05, 4.69) is 6.92 Å². The van der Waals surface area contributed by atoms with E-state index < -0.39 is 0 Å². The average molecular weight is 245 g/mol. The summed E-state index contributed by atoms with van der Waals surface area (Å²) in [5.74, 6) is -0.229. The molecule has 0 saturated carbocycles. The van der Waals surface area contributed by atoms with E-state index in [-0.39, 0.29) is 12.1 Å². The van der Waals surface area contributed by atoms with Gasteiger partial charge < -0.3 is 9.30 Å². The van der Waals surface area contributed by atoms with Crippen LogP contribution in [0.5, 0.6) is 0 Å². The molecule has 0 radical (unpaired) electrons. The third-order valence-corrected chi connectivity index (χ3v) is 3.12. The SMILES string of the molecule is CCCC(C)OC(=O)c1cn(C)c2ccccc12. The van der Waals surface area contributed by atoms with Crippen LogP contribution < -0.4 is 0 Å². The quantitative estimate of drug-likeness (QED) is 0.772. The van der Waals surface area contributed by atoms with Crippen LogP contribution in [0.3, 0.4) is 0 Å². The molecule has 0 aliphatic rings. The lowest BCUT2D eigenvalue weighted by molar-refractivity contribution is 0.0325. The fraction of sp³-hybridized carbons (Fsp3) is 0.400. The molecule has 0 fully saturated rings. The van der Waals surface area contributed by atoms with Crippen LogP contribution in [0.25, 0.3) is 10.9 Å². The number of carbonyl (C=O) groups is 1. The minimum atomic E-state index is -0.229. The van der Waals surface area contributed by atoms with Crippen molar-refractivity contribution in [1.29, 1.82) is 0 Å². The predicted molar refractivity (Wildman–Crippen MR) is 72.7 cm³/mol. The Morgan fingerprint density at radius 1 is 1.39 bits per heavy atom. The summed E-state index contributed by atoms with van der Waals surface area (Å²) in [5.41, 5.74) is 1.70. The molecule has 96 valence electrons. The van der Waals surface area contributed by atoms with Gasteiger partial charge in [-0.1, -0.05) is 31.5 Å². The number of hydrogen-bond acceptors (Lipinski definition) is 2. The summed E-state index contributed by atoms with van der Waals surface area (Å²) in [5, 5.41) is 0.952. The van der Waals surface area contributed by atoms with Gasteiger partial charge in [0, 0.05) is 24.1 Å². The van der Waals surface area contributed by atoms with Crippen molar-refractivity contribution in [3.8, 4) is 0 Å². The summed E-state index contributed by atoms with van der Waals surface area (Å²) in [6.07, 6.45) is 3.73.